The number of fused-ring (bicyclic) bond motifs is 8. The van der Waals surface area contributed by atoms with Crippen molar-refractivity contribution in [3.63, 3.8) is 0 Å². The fourth-order valence-electron chi connectivity index (χ4n) is 7.88. The summed E-state index contributed by atoms with van der Waals surface area (Å²) in [6.07, 6.45) is 7.44. The molecular weight excluding hydrogens is 980 g/mol. The molecule has 0 unspecified atom stereocenters. The molecule has 5 heterocycles. The monoisotopic (exact) mass is 1010 g/mol. The van der Waals surface area contributed by atoms with Crippen LogP contribution in [0.4, 0.5) is 0 Å². The standard InChI is InChI=1S/C48H30Cl8N4O4/c1-61-21-13-25(49)41(26(50)14-21)45-33-5-7-35(57-33)46(42-27(51)15-22(62-2)16-28(42)52)37-9-11-39(59-37)48(44-31(55)19-24(64-4)20-32(44)56)40-12-10-38(60-40)47(36-8-6-34(45)58-36)43-29(53)17-23(63-3)18-30(43)54/h5-20,57-58H,1-4H3. The number of ether oxygens (including phenoxy) is 4. The minimum atomic E-state index is 0.306. The number of halogens is 8. The number of benzene rings is 4. The Bertz CT molecular complexity index is 3090. The third-order valence-corrected chi connectivity index (χ3v) is 13.1. The maximum absolute atomic E-state index is 7.10. The van der Waals surface area contributed by atoms with Gasteiger partial charge in [0.15, 0.2) is 0 Å². The van der Waals surface area contributed by atoms with Crippen LogP contribution in [0.25, 0.3) is 90.9 Å². The summed E-state index contributed by atoms with van der Waals surface area (Å²) in [6, 6.07) is 21.2. The zero-order chi connectivity index (χ0) is 45.1. The third kappa shape index (κ3) is 7.84. The van der Waals surface area contributed by atoms with Crippen LogP contribution in [0.3, 0.4) is 0 Å². The Balaban J connectivity index is 1.53. The van der Waals surface area contributed by atoms with Crippen LogP contribution in [0, 0.1) is 0 Å². The van der Waals surface area contributed by atoms with Crippen molar-refractivity contribution in [2.75, 3.05) is 28.4 Å². The summed E-state index contributed by atoms with van der Waals surface area (Å²) in [5, 5.41) is 2.56. The third-order valence-electron chi connectivity index (χ3n) is 10.8. The largest absolute Gasteiger partial charge is 0.497 e. The Morgan fingerprint density at radius 2 is 0.531 bits per heavy atom. The number of methoxy groups -OCH3 is 4. The van der Waals surface area contributed by atoms with Gasteiger partial charge in [-0.1, -0.05) is 92.8 Å². The van der Waals surface area contributed by atoms with E-state index in [4.69, 9.17) is 122 Å². The van der Waals surface area contributed by atoms with Crippen LogP contribution >= 0.6 is 92.8 Å². The first-order valence-electron chi connectivity index (χ1n) is 19.1. The van der Waals surface area contributed by atoms with E-state index in [1.54, 1.807) is 69.9 Å². The van der Waals surface area contributed by atoms with Gasteiger partial charge in [-0.25, -0.2) is 9.97 Å². The van der Waals surface area contributed by atoms with E-state index in [2.05, 4.69) is 9.97 Å². The molecule has 0 radical (unpaired) electrons. The molecule has 9 rings (SSSR count). The Hall–Kier alpha value is -5.00. The highest BCUT2D eigenvalue weighted by molar-refractivity contribution is 6.42. The number of hydrogen-bond donors (Lipinski definition) is 2. The quantitative estimate of drug-likeness (QED) is 0.157. The molecule has 0 fully saturated rings. The van der Waals surface area contributed by atoms with E-state index in [-0.39, 0.29) is 0 Å². The molecule has 0 spiro atoms. The molecule has 2 aliphatic heterocycles. The Morgan fingerprint density at radius 3 is 0.797 bits per heavy atom. The van der Waals surface area contributed by atoms with Crippen LogP contribution in [0.15, 0.2) is 72.8 Å². The van der Waals surface area contributed by atoms with Crippen molar-refractivity contribution in [2.45, 2.75) is 0 Å². The molecule has 3 aromatic heterocycles. The second-order valence-electron chi connectivity index (χ2n) is 14.4. The summed E-state index contributed by atoms with van der Waals surface area (Å²) in [4.78, 5) is 17.8. The summed E-state index contributed by atoms with van der Waals surface area (Å²) in [5.74, 6) is 1.90. The number of nitrogens with zero attached hydrogens (tertiary/aromatic N) is 2. The second-order valence-corrected chi connectivity index (χ2v) is 17.6. The maximum Gasteiger partial charge on any atom is 0.121 e. The molecule has 8 bridgehead atoms. The maximum atomic E-state index is 7.10. The van der Waals surface area contributed by atoms with E-state index in [0.29, 0.717) is 153 Å². The molecule has 0 aliphatic carbocycles. The molecule has 0 saturated carbocycles. The van der Waals surface area contributed by atoms with Gasteiger partial charge in [0.25, 0.3) is 0 Å². The Labute approximate surface area is 406 Å². The summed E-state index contributed by atoms with van der Waals surface area (Å²) >= 11 is 56.8. The molecule has 322 valence electrons. The van der Waals surface area contributed by atoms with Gasteiger partial charge in [0.05, 0.1) is 91.4 Å². The van der Waals surface area contributed by atoms with E-state index in [1.165, 1.54) is 7.11 Å². The molecule has 8 nitrogen and oxygen atoms in total. The fraction of sp³-hybridized carbons (Fsp3) is 0.0833. The predicted molar refractivity (Wildman–Crippen MR) is 267 cm³/mol. The van der Waals surface area contributed by atoms with Crippen molar-refractivity contribution < 1.29 is 18.9 Å². The second kappa shape index (κ2) is 17.8. The number of hydrogen-bond acceptors (Lipinski definition) is 6. The summed E-state index contributed by atoms with van der Waals surface area (Å²) in [6.45, 7) is 0. The molecule has 2 aliphatic rings. The lowest BCUT2D eigenvalue weighted by atomic mass is 10.0. The van der Waals surface area contributed by atoms with Crippen molar-refractivity contribution >= 4 is 139 Å². The zero-order valence-corrected chi connectivity index (χ0v) is 39.8. The van der Waals surface area contributed by atoms with E-state index in [9.17, 15) is 0 Å². The average Bonchev–Trinajstić information content (AvgIpc) is 4.11. The lowest BCUT2D eigenvalue weighted by Crippen LogP contribution is -1.94. The van der Waals surface area contributed by atoms with Crippen LogP contribution in [0.5, 0.6) is 23.0 Å². The molecule has 0 atom stereocenters. The van der Waals surface area contributed by atoms with Crippen LogP contribution in [0.1, 0.15) is 22.8 Å². The number of H-pyrrole nitrogens is 2. The van der Waals surface area contributed by atoms with E-state index in [1.807, 2.05) is 48.6 Å². The highest BCUT2D eigenvalue weighted by Gasteiger charge is 2.26. The summed E-state index contributed by atoms with van der Waals surface area (Å²) < 4.78 is 22.1. The van der Waals surface area contributed by atoms with Crippen LogP contribution in [0.2, 0.25) is 40.2 Å². The Morgan fingerprint density at radius 1 is 0.312 bits per heavy atom. The van der Waals surface area contributed by atoms with Gasteiger partial charge in [-0.05, 0) is 97.1 Å². The molecule has 16 heteroatoms. The first kappa shape index (κ1) is 44.2. The van der Waals surface area contributed by atoms with Gasteiger partial charge in [-0.3, -0.25) is 0 Å². The smallest absolute Gasteiger partial charge is 0.121 e. The van der Waals surface area contributed by atoms with E-state index < -0.39 is 0 Å². The summed E-state index contributed by atoms with van der Waals surface area (Å²) in [7, 11) is 6.16. The van der Waals surface area contributed by atoms with E-state index >= 15 is 0 Å². The van der Waals surface area contributed by atoms with Gasteiger partial charge in [0.1, 0.15) is 23.0 Å². The van der Waals surface area contributed by atoms with Crippen molar-refractivity contribution in [3.05, 3.63) is 136 Å². The first-order valence-corrected chi connectivity index (χ1v) is 22.1. The SMILES string of the molecule is COc1cc(Cl)c(-c2c3nc(c(-c4c(Cl)cc(OC)cc4Cl)c4ccc([nH]4)c(-c4c(Cl)cc(OC)cc4Cl)c4ccc([nH]4)c(-c4c(Cl)cc(OC)cc4Cl)c4nc2C=C4)C=C3)c(Cl)c1. The van der Waals surface area contributed by atoms with Crippen molar-refractivity contribution in [2.24, 2.45) is 0 Å². The lowest BCUT2D eigenvalue weighted by Gasteiger charge is -2.13. The van der Waals surface area contributed by atoms with Gasteiger partial charge < -0.3 is 28.9 Å². The van der Waals surface area contributed by atoms with E-state index in [0.717, 1.165) is 0 Å². The molecule has 0 saturated heterocycles. The lowest BCUT2D eigenvalue weighted by molar-refractivity contribution is 0.415. The number of aromatic amines is 2. The van der Waals surface area contributed by atoms with Gasteiger partial charge in [0, 0.05) is 66.6 Å². The minimum Gasteiger partial charge on any atom is -0.497 e. The molecule has 2 N–H and O–H groups in total. The molecule has 7 aromatic rings. The van der Waals surface area contributed by atoms with Crippen molar-refractivity contribution in [3.8, 4) is 67.5 Å². The highest BCUT2D eigenvalue weighted by atomic mass is 35.5. The van der Waals surface area contributed by atoms with Gasteiger partial charge in [-0.2, -0.15) is 0 Å². The first-order chi connectivity index (χ1) is 30.8. The number of rotatable bonds is 8. The van der Waals surface area contributed by atoms with Crippen molar-refractivity contribution in [1.29, 1.82) is 0 Å². The van der Waals surface area contributed by atoms with Crippen LogP contribution in [-0.4, -0.2) is 48.4 Å². The topological polar surface area (TPSA) is 94.3 Å². The molecule has 0 amide bonds. The highest BCUT2D eigenvalue weighted by Crippen LogP contribution is 2.48. The minimum absolute atomic E-state index is 0.306. The summed E-state index contributed by atoms with van der Waals surface area (Å²) in [5.41, 5.74) is 8.69. The molecular formula is C48H30Cl8N4O4. The number of aromatic nitrogens is 4. The normalized spacial score (nSPS) is 11.9. The molecule has 4 aromatic carbocycles. The van der Waals surface area contributed by atoms with Crippen LogP contribution in [-0.2, 0) is 0 Å². The van der Waals surface area contributed by atoms with Crippen molar-refractivity contribution in [1.82, 2.24) is 19.9 Å². The molecule has 64 heavy (non-hydrogen) atoms. The van der Waals surface area contributed by atoms with Gasteiger partial charge in [0.2, 0.25) is 0 Å². The van der Waals surface area contributed by atoms with Gasteiger partial charge in [-0.15, -0.1) is 0 Å². The Kier molecular flexibility index (Phi) is 12.3. The zero-order valence-electron chi connectivity index (χ0n) is 33.8. The fourth-order valence-corrected chi connectivity index (χ4v) is 10.5. The number of nitrogens with one attached hydrogen (secondary N) is 2. The predicted octanol–water partition coefficient (Wildman–Crippen LogP) is 16.6. The average molecular weight is 1010 g/mol. The van der Waals surface area contributed by atoms with Crippen LogP contribution < -0.4 is 18.9 Å². The van der Waals surface area contributed by atoms with Gasteiger partial charge >= 0.3 is 0 Å².